The van der Waals surface area contributed by atoms with Gasteiger partial charge in [-0.3, -0.25) is 14.5 Å². The molecule has 0 radical (unpaired) electrons. The van der Waals surface area contributed by atoms with Crippen molar-refractivity contribution in [1.82, 2.24) is 15.1 Å². The molecule has 42 heavy (non-hydrogen) atoms. The standard InChI is InChI=1S/C34H44ClF2N3O2/c1-21(41)38-14-5-6-22-16-24(35)7-11-28(22)23-17-26-9-10-27(18-23)40(26)33(42)30-13-15-39(34(2,3)4)20-31(30)29-12-8-25(36)19-32(29)37/h7-8,11-12,16,19,23,26-27,30-31H,5-6,9-10,13-15,17-18,20H2,1-4H3,(H,38,41)/t23?,26?,27?,30-,31+/m1/s1. The molecule has 228 valence electrons. The maximum Gasteiger partial charge on any atom is 0.226 e. The number of nitrogens with one attached hydrogen (secondary N) is 1. The van der Waals surface area contributed by atoms with E-state index < -0.39 is 11.6 Å². The molecule has 5 nitrogen and oxygen atoms in total. The van der Waals surface area contributed by atoms with Crippen LogP contribution in [0, 0.1) is 17.6 Å². The Labute approximate surface area is 254 Å². The zero-order valence-corrected chi connectivity index (χ0v) is 26.0. The Morgan fingerprint density at radius 1 is 1.00 bits per heavy atom. The lowest BCUT2D eigenvalue weighted by Crippen LogP contribution is -2.55. The summed E-state index contributed by atoms with van der Waals surface area (Å²) in [5.41, 5.74) is 2.85. The predicted molar refractivity (Wildman–Crippen MR) is 163 cm³/mol. The van der Waals surface area contributed by atoms with Gasteiger partial charge in [-0.25, -0.2) is 8.78 Å². The number of carbonyl (C=O) groups is 2. The van der Waals surface area contributed by atoms with Gasteiger partial charge in [0, 0.05) is 60.6 Å². The second-order valence-electron chi connectivity index (χ2n) is 13.5. The van der Waals surface area contributed by atoms with E-state index in [0.29, 0.717) is 36.0 Å². The molecule has 0 aromatic heterocycles. The summed E-state index contributed by atoms with van der Waals surface area (Å²) < 4.78 is 29.0. The molecule has 3 saturated heterocycles. The summed E-state index contributed by atoms with van der Waals surface area (Å²) in [6.07, 6.45) is 6.10. The molecule has 2 aromatic carbocycles. The topological polar surface area (TPSA) is 52.7 Å². The van der Waals surface area contributed by atoms with Gasteiger partial charge in [-0.2, -0.15) is 0 Å². The van der Waals surface area contributed by atoms with Crippen LogP contribution in [0.25, 0.3) is 0 Å². The smallest absolute Gasteiger partial charge is 0.226 e. The van der Waals surface area contributed by atoms with Crippen molar-refractivity contribution in [2.24, 2.45) is 5.92 Å². The zero-order valence-electron chi connectivity index (χ0n) is 25.3. The van der Waals surface area contributed by atoms with Crippen molar-refractivity contribution in [3.8, 4) is 0 Å². The molecule has 2 unspecified atom stereocenters. The molecule has 8 heteroatoms. The first kappa shape index (κ1) is 30.9. The van der Waals surface area contributed by atoms with Crippen LogP contribution in [0.3, 0.4) is 0 Å². The fraction of sp³-hybridized carbons (Fsp3) is 0.588. The molecule has 1 N–H and O–H groups in total. The van der Waals surface area contributed by atoms with Gasteiger partial charge in [0.25, 0.3) is 0 Å². The number of likely N-dealkylation sites (tertiary alicyclic amines) is 1. The number of fused-ring (bicyclic) bond motifs is 2. The molecule has 4 atom stereocenters. The highest BCUT2D eigenvalue weighted by Gasteiger charge is 2.48. The lowest BCUT2D eigenvalue weighted by molar-refractivity contribution is -0.143. The number of benzene rings is 2. The van der Waals surface area contributed by atoms with Crippen LogP contribution in [0.15, 0.2) is 36.4 Å². The third-order valence-electron chi connectivity index (χ3n) is 9.77. The quantitative estimate of drug-likeness (QED) is 0.355. The lowest BCUT2D eigenvalue weighted by atomic mass is 9.76. The van der Waals surface area contributed by atoms with Crippen LogP contribution < -0.4 is 5.32 Å². The van der Waals surface area contributed by atoms with Gasteiger partial charge >= 0.3 is 0 Å². The number of amides is 2. The summed E-state index contributed by atoms with van der Waals surface area (Å²) in [6.45, 7) is 9.93. The summed E-state index contributed by atoms with van der Waals surface area (Å²) in [6, 6.07) is 10.3. The monoisotopic (exact) mass is 599 g/mol. The van der Waals surface area contributed by atoms with E-state index in [4.69, 9.17) is 11.6 Å². The first-order valence-corrected chi connectivity index (χ1v) is 15.8. The largest absolute Gasteiger partial charge is 0.356 e. The zero-order chi connectivity index (χ0) is 30.2. The Morgan fingerprint density at radius 2 is 1.69 bits per heavy atom. The molecular weight excluding hydrogens is 556 g/mol. The predicted octanol–water partition coefficient (Wildman–Crippen LogP) is 6.83. The van der Waals surface area contributed by atoms with Crippen molar-refractivity contribution in [2.75, 3.05) is 19.6 Å². The summed E-state index contributed by atoms with van der Waals surface area (Å²) in [5.74, 6) is -1.37. The van der Waals surface area contributed by atoms with Gasteiger partial charge < -0.3 is 10.2 Å². The Balaban J connectivity index is 1.35. The number of piperidine rings is 2. The highest BCUT2D eigenvalue weighted by molar-refractivity contribution is 6.30. The molecule has 3 heterocycles. The average molecular weight is 600 g/mol. The normalized spacial score (nSPS) is 26.4. The van der Waals surface area contributed by atoms with E-state index in [9.17, 15) is 14.0 Å². The Morgan fingerprint density at radius 3 is 2.33 bits per heavy atom. The van der Waals surface area contributed by atoms with Crippen LogP contribution in [0.2, 0.25) is 5.02 Å². The minimum absolute atomic E-state index is 0.0246. The Hall–Kier alpha value is -2.51. The van der Waals surface area contributed by atoms with Gasteiger partial charge in [-0.15, -0.1) is 0 Å². The van der Waals surface area contributed by atoms with Crippen molar-refractivity contribution in [2.45, 2.75) is 102 Å². The fourth-order valence-electron chi connectivity index (χ4n) is 7.69. The third-order valence-corrected chi connectivity index (χ3v) is 10.0. The Kier molecular flexibility index (Phi) is 9.29. The van der Waals surface area contributed by atoms with Gasteiger partial charge in [-0.05, 0) is 113 Å². The van der Waals surface area contributed by atoms with Gasteiger partial charge in [0.15, 0.2) is 0 Å². The molecule has 2 bridgehead atoms. The Bertz CT molecular complexity index is 1300. The van der Waals surface area contributed by atoms with Gasteiger partial charge in [0.05, 0.1) is 0 Å². The van der Waals surface area contributed by atoms with Gasteiger partial charge in [0.1, 0.15) is 11.6 Å². The summed E-state index contributed by atoms with van der Waals surface area (Å²) >= 11 is 6.39. The molecule has 3 fully saturated rings. The molecule has 0 aliphatic carbocycles. The minimum Gasteiger partial charge on any atom is -0.356 e. The first-order valence-electron chi connectivity index (χ1n) is 15.5. The number of aryl methyl sites for hydroxylation is 1. The van der Waals surface area contributed by atoms with Crippen LogP contribution in [-0.2, 0) is 16.0 Å². The van der Waals surface area contributed by atoms with E-state index in [1.165, 1.54) is 30.2 Å². The molecule has 0 saturated carbocycles. The average Bonchev–Trinajstić information content (AvgIpc) is 3.19. The fourth-order valence-corrected chi connectivity index (χ4v) is 7.88. The van der Waals surface area contributed by atoms with Crippen molar-refractivity contribution in [3.63, 3.8) is 0 Å². The second kappa shape index (κ2) is 12.6. The van der Waals surface area contributed by atoms with Crippen LogP contribution in [0.1, 0.15) is 94.7 Å². The third kappa shape index (κ3) is 6.67. The maximum absolute atomic E-state index is 15.1. The van der Waals surface area contributed by atoms with Crippen molar-refractivity contribution in [3.05, 3.63) is 69.7 Å². The van der Waals surface area contributed by atoms with E-state index in [1.807, 2.05) is 6.07 Å². The van der Waals surface area contributed by atoms with E-state index in [1.54, 1.807) is 0 Å². The van der Waals surface area contributed by atoms with Crippen molar-refractivity contribution < 1.29 is 18.4 Å². The van der Waals surface area contributed by atoms with E-state index in [-0.39, 0.29) is 41.3 Å². The minimum atomic E-state index is -0.598. The molecule has 2 aromatic rings. The summed E-state index contributed by atoms with van der Waals surface area (Å²) in [4.78, 5) is 30.1. The number of halogens is 3. The van der Waals surface area contributed by atoms with Crippen LogP contribution >= 0.6 is 11.6 Å². The van der Waals surface area contributed by atoms with Crippen molar-refractivity contribution in [1.29, 1.82) is 0 Å². The van der Waals surface area contributed by atoms with Crippen LogP contribution in [0.5, 0.6) is 0 Å². The van der Waals surface area contributed by atoms with E-state index >= 15 is 4.39 Å². The molecule has 3 aliphatic rings. The van der Waals surface area contributed by atoms with E-state index in [0.717, 1.165) is 51.1 Å². The first-order chi connectivity index (χ1) is 19.9. The number of carbonyl (C=O) groups excluding carboxylic acids is 2. The van der Waals surface area contributed by atoms with E-state index in [2.05, 4.69) is 48.0 Å². The van der Waals surface area contributed by atoms with Crippen molar-refractivity contribution >= 4 is 23.4 Å². The second-order valence-corrected chi connectivity index (χ2v) is 13.9. The SMILES string of the molecule is CC(=O)NCCCc1cc(Cl)ccc1C1CC2CCC(C1)N2C(=O)[C@@H]1CCN(C(C)(C)C)C[C@H]1c1ccc(F)cc1F. The van der Waals surface area contributed by atoms with Crippen LogP contribution in [0.4, 0.5) is 8.78 Å². The highest BCUT2D eigenvalue weighted by Crippen LogP contribution is 2.47. The molecule has 3 aliphatic heterocycles. The number of nitrogens with zero attached hydrogens (tertiary/aromatic N) is 2. The maximum atomic E-state index is 15.1. The highest BCUT2D eigenvalue weighted by atomic mass is 35.5. The molecule has 0 spiro atoms. The number of hydrogen-bond donors (Lipinski definition) is 1. The van der Waals surface area contributed by atoms with Gasteiger partial charge in [0.2, 0.25) is 11.8 Å². The summed E-state index contributed by atoms with van der Waals surface area (Å²) in [5, 5.41) is 3.59. The number of hydrogen-bond acceptors (Lipinski definition) is 3. The molecule has 2 amide bonds. The lowest BCUT2D eigenvalue weighted by Gasteiger charge is -2.47. The number of rotatable bonds is 7. The van der Waals surface area contributed by atoms with Gasteiger partial charge in [-0.1, -0.05) is 23.7 Å². The summed E-state index contributed by atoms with van der Waals surface area (Å²) in [7, 11) is 0. The molecule has 5 rings (SSSR count). The van der Waals surface area contributed by atoms with Crippen LogP contribution in [-0.4, -0.2) is 58.9 Å². The molecular formula is C34H44ClF2N3O2.